The van der Waals surface area contributed by atoms with Crippen LogP contribution in [0.3, 0.4) is 0 Å². The van der Waals surface area contributed by atoms with E-state index in [0.717, 1.165) is 19.5 Å². The molecule has 3 nitrogen and oxygen atoms in total. The minimum Gasteiger partial charge on any atom is -0.481 e. The van der Waals surface area contributed by atoms with Gasteiger partial charge in [-0.1, -0.05) is 26.7 Å². The van der Waals surface area contributed by atoms with Crippen LogP contribution >= 0.6 is 0 Å². The van der Waals surface area contributed by atoms with E-state index in [1.807, 2.05) is 0 Å². The van der Waals surface area contributed by atoms with Gasteiger partial charge in [-0.2, -0.15) is 0 Å². The average Bonchev–Trinajstić information content (AvgIpc) is 2.14. The van der Waals surface area contributed by atoms with Gasteiger partial charge in [0.2, 0.25) is 0 Å². The molecule has 0 amide bonds. The molecule has 0 aliphatic carbocycles. The van der Waals surface area contributed by atoms with Crippen LogP contribution in [0.25, 0.3) is 0 Å². The zero-order valence-corrected chi connectivity index (χ0v) is 9.46. The van der Waals surface area contributed by atoms with E-state index < -0.39 is 5.97 Å². The third kappa shape index (κ3) is 8.05. The summed E-state index contributed by atoms with van der Waals surface area (Å²) in [4.78, 5) is 12.7. The van der Waals surface area contributed by atoms with Crippen molar-refractivity contribution in [3.05, 3.63) is 0 Å². The van der Waals surface area contributed by atoms with E-state index in [9.17, 15) is 4.79 Å². The Morgan fingerprint density at radius 1 is 1.07 bits per heavy atom. The van der Waals surface area contributed by atoms with Gasteiger partial charge in [-0.3, -0.25) is 4.79 Å². The lowest BCUT2D eigenvalue weighted by atomic mass is 10.2. The molecule has 0 radical (unpaired) electrons. The average molecular weight is 201 g/mol. The van der Waals surface area contributed by atoms with Crippen LogP contribution in [-0.2, 0) is 4.79 Å². The fourth-order valence-corrected chi connectivity index (χ4v) is 1.49. The lowest BCUT2D eigenvalue weighted by Gasteiger charge is -2.20. The number of rotatable bonds is 9. The van der Waals surface area contributed by atoms with Crippen molar-refractivity contribution in [2.45, 2.75) is 46.0 Å². The smallest absolute Gasteiger partial charge is 0.304 e. The summed E-state index contributed by atoms with van der Waals surface area (Å²) in [5.74, 6) is -0.693. The van der Waals surface area contributed by atoms with Crippen LogP contribution in [0.2, 0.25) is 0 Å². The van der Waals surface area contributed by atoms with Crippen LogP contribution < -0.4 is 0 Å². The van der Waals surface area contributed by atoms with Crippen molar-refractivity contribution in [3.8, 4) is 0 Å². The highest BCUT2D eigenvalue weighted by atomic mass is 16.4. The highest BCUT2D eigenvalue weighted by molar-refractivity contribution is 5.66. The molecule has 0 unspecified atom stereocenters. The van der Waals surface area contributed by atoms with Crippen LogP contribution in [0.15, 0.2) is 0 Å². The van der Waals surface area contributed by atoms with Crippen molar-refractivity contribution in [3.63, 3.8) is 0 Å². The predicted octanol–water partition coefficient (Wildman–Crippen LogP) is 2.36. The maximum atomic E-state index is 10.4. The van der Waals surface area contributed by atoms with Gasteiger partial charge in [0.15, 0.2) is 0 Å². The van der Waals surface area contributed by atoms with Crippen molar-refractivity contribution in [2.24, 2.45) is 0 Å². The molecule has 1 N–H and O–H groups in total. The third-order valence-corrected chi connectivity index (χ3v) is 2.26. The zero-order chi connectivity index (χ0) is 10.8. The fraction of sp³-hybridized carbons (Fsp3) is 0.909. The third-order valence-electron chi connectivity index (χ3n) is 2.26. The lowest BCUT2D eigenvalue weighted by Crippen LogP contribution is -2.28. The predicted molar refractivity (Wildman–Crippen MR) is 58.5 cm³/mol. The van der Waals surface area contributed by atoms with Gasteiger partial charge in [0.25, 0.3) is 0 Å². The molecule has 0 saturated heterocycles. The van der Waals surface area contributed by atoms with Gasteiger partial charge in [0, 0.05) is 6.54 Å². The van der Waals surface area contributed by atoms with Crippen LogP contribution in [0.5, 0.6) is 0 Å². The summed E-state index contributed by atoms with van der Waals surface area (Å²) in [7, 11) is 0. The Balaban J connectivity index is 3.59. The number of carbonyl (C=O) groups is 1. The number of nitrogens with zero attached hydrogens (tertiary/aromatic N) is 1. The van der Waals surface area contributed by atoms with Gasteiger partial charge in [-0.15, -0.1) is 0 Å². The summed E-state index contributed by atoms with van der Waals surface area (Å²) in [6.07, 6.45) is 5.03. The summed E-state index contributed by atoms with van der Waals surface area (Å²) < 4.78 is 0. The van der Waals surface area contributed by atoms with E-state index in [1.54, 1.807) is 0 Å². The number of aliphatic carboxylic acids is 1. The number of carboxylic acid groups (broad SMARTS) is 1. The Kier molecular flexibility index (Phi) is 8.64. The van der Waals surface area contributed by atoms with Crippen molar-refractivity contribution >= 4 is 5.97 Å². The normalized spacial score (nSPS) is 10.8. The largest absolute Gasteiger partial charge is 0.481 e. The number of unbranched alkanes of at least 4 members (excludes halogenated alkanes) is 2. The Morgan fingerprint density at radius 2 is 1.79 bits per heavy atom. The minimum absolute atomic E-state index is 0.270. The summed E-state index contributed by atoms with van der Waals surface area (Å²) in [6, 6.07) is 0. The van der Waals surface area contributed by atoms with E-state index in [4.69, 9.17) is 5.11 Å². The summed E-state index contributed by atoms with van der Waals surface area (Å²) in [5.41, 5.74) is 0. The molecule has 14 heavy (non-hydrogen) atoms. The van der Waals surface area contributed by atoms with Gasteiger partial charge >= 0.3 is 5.97 Å². The molecule has 0 aliphatic heterocycles. The van der Waals surface area contributed by atoms with E-state index >= 15 is 0 Å². The highest BCUT2D eigenvalue weighted by Crippen LogP contribution is 2.00. The molecule has 0 heterocycles. The van der Waals surface area contributed by atoms with E-state index in [0.29, 0.717) is 6.54 Å². The summed E-state index contributed by atoms with van der Waals surface area (Å²) in [5, 5.41) is 8.58. The van der Waals surface area contributed by atoms with Gasteiger partial charge in [0.1, 0.15) is 0 Å². The molecular formula is C11H23NO2. The molecule has 0 spiro atoms. The minimum atomic E-state index is -0.693. The molecule has 0 aromatic carbocycles. The second kappa shape index (κ2) is 9.00. The van der Waals surface area contributed by atoms with Crippen LogP contribution in [0, 0.1) is 0 Å². The maximum Gasteiger partial charge on any atom is 0.304 e. The SMILES string of the molecule is CCCCCN(CCC)CCC(=O)O. The van der Waals surface area contributed by atoms with Crippen LogP contribution in [0.1, 0.15) is 46.0 Å². The molecule has 0 atom stereocenters. The highest BCUT2D eigenvalue weighted by Gasteiger charge is 2.05. The fourth-order valence-electron chi connectivity index (χ4n) is 1.49. The number of hydrogen-bond acceptors (Lipinski definition) is 2. The molecule has 0 saturated carbocycles. The Bertz CT molecular complexity index is 148. The quantitative estimate of drug-likeness (QED) is 0.582. The molecule has 0 bridgehead atoms. The Labute approximate surface area is 87.1 Å². The van der Waals surface area contributed by atoms with E-state index in [2.05, 4.69) is 18.7 Å². The molecule has 0 aromatic rings. The van der Waals surface area contributed by atoms with Gasteiger partial charge in [0.05, 0.1) is 6.42 Å². The van der Waals surface area contributed by atoms with Gasteiger partial charge in [-0.05, 0) is 25.9 Å². The Hall–Kier alpha value is -0.570. The lowest BCUT2D eigenvalue weighted by molar-refractivity contribution is -0.137. The van der Waals surface area contributed by atoms with E-state index in [1.165, 1.54) is 19.3 Å². The number of hydrogen-bond donors (Lipinski definition) is 1. The van der Waals surface area contributed by atoms with Crippen molar-refractivity contribution < 1.29 is 9.90 Å². The molecule has 0 aromatic heterocycles. The zero-order valence-electron chi connectivity index (χ0n) is 9.46. The van der Waals surface area contributed by atoms with Gasteiger partial charge < -0.3 is 10.0 Å². The van der Waals surface area contributed by atoms with Crippen molar-refractivity contribution in [1.29, 1.82) is 0 Å². The molecule has 0 rings (SSSR count). The maximum absolute atomic E-state index is 10.4. The molecular weight excluding hydrogens is 178 g/mol. The monoisotopic (exact) mass is 201 g/mol. The molecule has 0 fully saturated rings. The molecule has 3 heteroatoms. The first kappa shape index (κ1) is 13.4. The second-order valence-electron chi connectivity index (χ2n) is 3.69. The van der Waals surface area contributed by atoms with Crippen molar-refractivity contribution in [2.75, 3.05) is 19.6 Å². The first-order chi connectivity index (χ1) is 6.70. The van der Waals surface area contributed by atoms with Gasteiger partial charge in [-0.25, -0.2) is 0 Å². The summed E-state index contributed by atoms with van der Waals surface area (Å²) >= 11 is 0. The standard InChI is InChI=1S/C11H23NO2/c1-3-5-6-9-12(8-4-2)10-7-11(13)14/h3-10H2,1-2H3,(H,13,14). The first-order valence-corrected chi connectivity index (χ1v) is 5.64. The van der Waals surface area contributed by atoms with Crippen LogP contribution in [0.4, 0.5) is 0 Å². The topological polar surface area (TPSA) is 40.5 Å². The van der Waals surface area contributed by atoms with Crippen molar-refractivity contribution in [1.82, 2.24) is 4.90 Å². The number of carboxylic acids is 1. The van der Waals surface area contributed by atoms with E-state index in [-0.39, 0.29) is 6.42 Å². The van der Waals surface area contributed by atoms with Crippen LogP contribution in [-0.4, -0.2) is 35.6 Å². The first-order valence-electron chi connectivity index (χ1n) is 5.64. The Morgan fingerprint density at radius 3 is 2.29 bits per heavy atom. The second-order valence-corrected chi connectivity index (χ2v) is 3.69. The molecule has 84 valence electrons. The summed E-state index contributed by atoms with van der Waals surface area (Å²) in [6.45, 7) is 7.09. The molecule has 0 aliphatic rings.